The molecule has 1 N–H and O–H groups in total. The number of alkyl halides is 3. The first-order chi connectivity index (χ1) is 17.8. The zero-order valence-electron chi connectivity index (χ0n) is 20.6. The van der Waals surface area contributed by atoms with Crippen molar-refractivity contribution in [2.24, 2.45) is 5.92 Å². The van der Waals surface area contributed by atoms with Crippen molar-refractivity contribution in [1.82, 2.24) is 10.2 Å². The molecule has 3 aliphatic heterocycles. The molecule has 10 heteroatoms. The number of ether oxygens (including phenoxy) is 1. The second kappa shape index (κ2) is 10.9. The highest BCUT2D eigenvalue weighted by Gasteiger charge is 2.42. The zero-order chi connectivity index (χ0) is 26.0. The Balaban J connectivity index is 1.33. The maximum absolute atomic E-state index is 13.5. The monoisotopic (exact) mass is 520 g/mol. The van der Waals surface area contributed by atoms with Gasteiger partial charge in [0, 0.05) is 50.6 Å². The van der Waals surface area contributed by atoms with E-state index in [1.807, 2.05) is 0 Å². The fraction of sp³-hybridized carbons (Fsp3) is 0.519. The number of nitrogens with one attached hydrogen (secondary N) is 1. The SMILES string of the molecule is O=C(NCCCN1CCOCC1)[C@H]1Cc2cc(C(F)(F)F)ccc2N2CCN(c3ccc(F)cc3)C[C@@H]12. The number of piperazine rings is 1. The molecule has 2 atom stereocenters. The number of morpholine rings is 1. The summed E-state index contributed by atoms with van der Waals surface area (Å²) in [5.41, 5.74) is 1.48. The van der Waals surface area contributed by atoms with Crippen molar-refractivity contribution in [2.75, 3.05) is 68.8 Å². The summed E-state index contributed by atoms with van der Waals surface area (Å²) in [5.74, 6) is -0.951. The standard InChI is InChI=1S/C27H32F4N4O2/c28-21-3-5-22(6-4-21)34-10-11-35-24-7-2-20(27(29,30)31)16-19(24)17-23(25(35)18-34)26(36)32-8-1-9-33-12-14-37-15-13-33/h2-7,16,23,25H,1,8-15,17-18H2,(H,32,36)/t23-,25-/m0/s1. The number of rotatable bonds is 6. The molecule has 0 saturated carbocycles. The van der Waals surface area contributed by atoms with Gasteiger partial charge in [-0.2, -0.15) is 13.2 Å². The molecule has 0 spiro atoms. The predicted molar refractivity (Wildman–Crippen MR) is 133 cm³/mol. The lowest BCUT2D eigenvalue weighted by Gasteiger charge is -2.49. The second-order valence-corrected chi connectivity index (χ2v) is 9.93. The van der Waals surface area contributed by atoms with Crippen LogP contribution in [0.25, 0.3) is 0 Å². The summed E-state index contributed by atoms with van der Waals surface area (Å²) < 4.78 is 59.1. The molecule has 6 nitrogen and oxygen atoms in total. The van der Waals surface area contributed by atoms with Crippen LogP contribution in [0.3, 0.4) is 0 Å². The van der Waals surface area contributed by atoms with E-state index in [1.54, 1.807) is 12.1 Å². The van der Waals surface area contributed by atoms with E-state index in [0.29, 0.717) is 31.7 Å². The van der Waals surface area contributed by atoms with E-state index >= 15 is 0 Å². The minimum absolute atomic E-state index is 0.138. The smallest absolute Gasteiger partial charge is 0.379 e. The van der Waals surface area contributed by atoms with E-state index in [0.717, 1.165) is 56.7 Å². The lowest BCUT2D eigenvalue weighted by atomic mass is 9.82. The third-order valence-electron chi connectivity index (χ3n) is 7.62. The number of carbonyl (C=O) groups excluding carboxylic acids is 1. The summed E-state index contributed by atoms with van der Waals surface area (Å²) in [6.45, 7) is 6.27. The molecule has 0 aliphatic carbocycles. The Morgan fingerprint density at radius 3 is 2.51 bits per heavy atom. The van der Waals surface area contributed by atoms with E-state index in [2.05, 4.69) is 20.0 Å². The average molecular weight is 521 g/mol. The number of fused-ring (bicyclic) bond motifs is 3. The molecule has 3 heterocycles. The van der Waals surface area contributed by atoms with E-state index in [1.165, 1.54) is 24.3 Å². The molecule has 37 heavy (non-hydrogen) atoms. The minimum atomic E-state index is -4.44. The summed E-state index contributed by atoms with van der Waals surface area (Å²) in [6, 6.07) is 9.91. The van der Waals surface area contributed by atoms with Crippen LogP contribution in [0.5, 0.6) is 0 Å². The summed E-state index contributed by atoms with van der Waals surface area (Å²) in [4.78, 5) is 19.9. The Bertz CT molecular complexity index is 1090. The van der Waals surface area contributed by atoms with Crippen molar-refractivity contribution in [3.8, 4) is 0 Å². The van der Waals surface area contributed by atoms with E-state index in [4.69, 9.17) is 4.74 Å². The molecule has 0 radical (unpaired) electrons. The van der Waals surface area contributed by atoms with Crippen LogP contribution >= 0.6 is 0 Å². The van der Waals surface area contributed by atoms with Gasteiger partial charge in [0.15, 0.2) is 0 Å². The third kappa shape index (κ3) is 5.85. The fourth-order valence-corrected chi connectivity index (χ4v) is 5.66. The third-order valence-corrected chi connectivity index (χ3v) is 7.62. The van der Waals surface area contributed by atoms with Gasteiger partial charge in [-0.05, 0) is 67.4 Å². The maximum Gasteiger partial charge on any atom is 0.416 e. The average Bonchev–Trinajstić information content (AvgIpc) is 2.90. The van der Waals surface area contributed by atoms with E-state index in [-0.39, 0.29) is 24.2 Å². The summed E-state index contributed by atoms with van der Waals surface area (Å²) >= 11 is 0. The van der Waals surface area contributed by atoms with Gasteiger partial charge >= 0.3 is 6.18 Å². The van der Waals surface area contributed by atoms with Crippen LogP contribution in [0.15, 0.2) is 42.5 Å². The van der Waals surface area contributed by atoms with Crippen molar-refractivity contribution in [3.63, 3.8) is 0 Å². The van der Waals surface area contributed by atoms with Crippen LogP contribution in [0.4, 0.5) is 28.9 Å². The Kier molecular flexibility index (Phi) is 7.57. The Labute approximate surface area is 214 Å². The molecule has 200 valence electrons. The van der Waals surface area contributed by atoms with Crippen LogP contribution in [0.1, 0.15) is 17.5 Å². The van der Waals surface area contributed by atoms with Crippen molar-refractivity contribution >= 4 is 17.3 Å². The first-order valence-corrected chi connectivity index (χ1v) is 12.8. The number of amides is 1. The van der Waals surface area contributed by atoms with Gasteiger partial charge in [0.05, 0.1) is 30.7 Å². The summed E-state index contributed by atoms with van der Waals surface area (Å²) in [6.07, 6.45) is -3.40. The summed E-state index contributed by atoms with van der Waals surface area (Å²) in [5, 5.41) is 3.05. The van der Waals surface area contributed by atoms with Gasteiger partial charge in [-0.15, -0.1) is 0 Å². The molecule has 5 rings (SSSR count). The quantitative estimate of drug-likeness (QED) is 0.467. The Hall–Kier alpha value is -2.85. The molecule has 3 aliphatic rings. The van der Waals surface area contributed by atoms with Crippen molar-refractivity contribution in [2.45, 2.75) is 25.1 Å². The lowest BCUT2D eigenvalue weighted by molar-refractivity contribution is -0.137. The number of anilines is 2. The first kappa shape index (κ1) is 25.8. The Morgan fingerprint density at radius 1 is 1.03 bits per heavy atom. The van der Waals surface area contributed by atoms with Gasteiger partial charge in [-0.1, -0.05) is 0 Å². The number of halogens is 4. The van der Waals surface area contributed by atoms with Gasteiger partial charge in [0.1, 0.15) is 5.82 Å². The van der Waals surface area contributed by atoms with E-state index in [9.17, 15) is 22.4 Å². The van der Waals surface area contributed by atoms with Gasteiger partial charge in [0.2, 0.25) is 5.91 Å². The number of carbonyl (C=O) groups is 1. The highest BCUT2D eigenvalue weighted by molar-refractivity contribution is 5.82. The molecule has 2 fully saturated rings. The molecule has 0 unspecified atom stereocenters. The highest BCUT2D eigenvalue weighted by Crippen LogP contribution is 2.40. The molecule has 0 bridgehead atoms. The van der Waals surface area contributed by atoms with Gasteiger partial charge in [-0.25, -0.2) is 4.39 Å². The van der Waals surface area contributed by atoms with Crippen LogP contribution in [-0.4, -0.2) is 75.9 Å². The minimum Gasteiger partial charge on any atom is -0.379 e. The van der Waals surface area contributed by atoms with Gasteiger partial charge < -0.3 is 19.9 Å². The van der Waals surface area contributed by atoms with Gasteiger partial charge in [0.25, 0.3) is 0 Å². The maximum atomic E-state index is 13.5. The first-order valence-electron chi connectivity index (χ1n) is 12.8. The topological polar surface area (TPSA) is 48.1 Å². The molecule has 2 aromatic carbocycles. The molecule has 2 aromatic rings. The normalized spacial score (nSPS) is 22.4. The number of nitrogens with zero attached hydrogens (tertiary/aromatic N) is 3. The van der Waals surface area contributed by atoms with Crippen LogP contribution in [0.2, 0.25) is 0 Å². The molecular formula is C27H32F4N4O2. The highest BCUT2D eigenvalue weighted by atomic mass is 19.4. The van der Waals surface area contributed by atoms with E-state index < -0.39 is 17.7 Å². The number of hydrogen-bond donors (Lipinski definition) is 1. The molecule has 2 saturated heterocycles. The lowest BCUT2D eigenvalue weighted by Crippen LogP contribution is -2.61. The molecule has 0 aromatic heterocycles. The van der Waals surface area contributed by atoms with Crippen LogP contribution in [-0.2, 0) is 22.1 Å². The predicted octanol–water partition coefficient (Wildman–Crippen LogP) is 3.55. The zero-order valence-corrected chi connectivity index (χ0v) is 20.6. The molecular weight excluding hydrogens is 488 g/mol. The van der Waals surface area contributed by atoms with Crippen molar-refractivity contribution in [3.05, 3.63) is 59.4 Å². The number of hydrogen-bond acceptors (Lipinski definition) is 5. The van der Waals surface area contributed by atoms with Crippen molar-refractivity contribution in [1.29, 1.82) is 0 Å². The van der Waals surface area contributed by atoms with Gasteiger partial charge in [-0.3, -0.25) is 9.69 Å². The molecule has 1 amide bonds. The van der Waals surface area contributed by atoms with Crippen LogP contribution in [0, 0.1) is 11.7 Å². The summed E-state index contributed by atoms with van der Waals surface area (Å²) in [7, 11) is 0. The van der Waals surface area contributed by atoms with Crippen LogP contribution < -0.4 is 15.1 Å². The fourth-order valence-electron chi connectivity index (χ4n) is 5.66. The second-order valence-electron chi connectivity index (χ2n) is 9.93. The Morgan fingerprint density at radius 2 is 1.78 bits per heavy atom. The van der Waals surface area contributed by atoms with Crippen molar-refractivity contribution < 1.29 is 27.1 Å². The largest absolute Gasteiger partial charge is 0.416 e. The number of benzene rings is 2.